The average molecular weight is 486 g/mol. The van der Waals surface area contributed by atoms with Crippen LogP contribution in [0.15, 0.2) is 70.5 Å². The van der Waals surface area contributed by atoms with Gasteiger partial charge >= 0.3 is 20.4 Å². The van der Waals surface area contributed by atoms with E-state index in [-0.39, 0.29) is 35.4 Å². The van der Waals surface area contributed by atoms with Gasteiger partial charge in [-0.3, -0.25) is 4.79 Å². The molecule has 0 amide bonds. The van der Waals surface area contributed by atoms with E-state index in [0.717, 1.165) is 48.6 Å². The van der Waals surface area contributed by atoms with Crippen molar-refractivity contribution in [3.05, 3.63) is 71.8 Å². The highest BCUT2D eigenvalue weighted by molar-refractivity contribution is 8.46. The van der Waals surface area contributed by atoms with E-state index in [1.807, 2.05) is 0 Å². The molecule has 2 aromatic rings. The first-order valence-electron chi connectivity index (χ1n) is 7.62. The predicted molar refractivity (Wildman–Crippen MR) is 98.8 cm³/mol. The number of carbonyl (C=O) groups is 1. The first-order valence-corrected chi connectivity index (χ1v) is 11.5. The normalized spacial score (nSPS) is 17.9. The van der Waals surface area contributed by atoms with Gasteiger partial charge < -0.3 is 0 Å². The van der Waals surface area contributed by atoms with Crippen molar-refractivity contribution in [1.29, 1.82) is 0 Å². The molecule has 0 aliphatic carbocycles. The Hall–Kier alpha value is -2.41. The smallest absolute Gasteiger partial charge is 0.290 e. The molecule has 1 nitrogen and oxygen atoms in total. The van der Waals surface area contributed by atoms with Crippen LogP contribution in [-0.4, -0.2) is 5.78 Å². The van der Waals surface area contributed by atoms with E-state index in [9.17, 15) is 43.7 Å². The Kier molecular flexibility index (Phi) is 4.65. The molecule has 0 spiro atoms. The van der Waals surface area contributed by atoms with Crippen LogP contribution in [0.5, 0.6) is 0 Å². The Bertz CT molecular complexity index is 947. The summed E-state index contributed by atoms with van der Waals surface area (Å²) in [7, 11) is -19.6. The van der Waals surface area contributed by atoms with Gasteiger partial charge in [-0.25, -0.2) is 0 Å². The molecule has 0 unspecified atom stereocenters. The molecule has 0 aliphatic heterocycles. The molecule has 0 aliphatic rings. The summed E-state index contributed by atoms with van der Waals surface area (Å²) < 4.78 is 126. The highest BCUT2D eigenvalue weighted by Crippen LogP contribution is 3.02. The summed E-state index contributed by atoms with van der Waals surface area (Å²) in [4.78, 5) is 7.51. The summed E-state index contributed by atoms with van der Waals surface area (Å²) in [6.45, 7) is 0. The molecular weight excluding hydrogens is 474 g/mol. The minimum absolute atomic E-state index is 0.00239. The van der Waals surface area contributed by atoms with E-state index in [4.69, 9.17) is 0 Å². The Morgan fingerprint density at radius 3 is 1.03 bits per heavy atom. The number of hydrogen-bond donors (Lipinski definition) is 0. The molecule has 30 heavy (non-hydrogen) atoms. The van der Waals surface area contributed by atoms with Crippen LogP contribution in [0, 0.1) is 0 Å². The number of hydrogen-bond acceptors (Lipinski definition) is 1. The van der Waals surface area contributed by atoms with Crippen LogP contribution in [-0.2, 0) is 4.79 Å². The van der Waals surface area contributed by atoms with Crippen molar-refractivity contribution >= 4 is 38.4 Å². The Morgan fingerprint density at radius 1 is 0.533 bits per heavy atom. The van der Waals surface area contributed by atoms with Crippen molar-refractivity contribution in [2.24, 2.45) is 0 Å². The Balaban J connectivity index is 2.09. The fraction of sp³-hybridized carbons (Fsp3) is 0. The maximum atomic E-state index is 12.6. The van der Waals surface area contributed by atoms with Crippen molar-refractivity contribution < 1.29 is 43.7 Å². The lowest BCUT2D eigenvalue weighted by molar-refractivity contribution is -0.110. The Labute approximate surface area is 164 Å². The molecule has 0 aromatic heterocycles. The molecule has 13 heteroatoms. The highest BCUT2D eigenvalue weighted by Gasteiger charge is 2.66. The predicted octanol–water partition coefficient (Wildman–Crippen LogP) is 9.30. The van der Waals surface area contributed by atoms with Crippen molar-refractivity contribution in [2.75, 3.05) is 0 Å². The molecule has 0 saturated carbocycles. The van der Waals surface area contributed by atoms with Gasteiger partial charge in [0.1, 0.15) is 9.79 Å². The maximum absolute atomic E-state index is 12.6. The summed E-state index contributed by atoms with van der Waals surface area (Å²) >= 11 is 0. The lowest BCUT2D eigenvalue weighted by Gasteiger charge is -2.40. The standard InChI is InChI=1S/C17H12F10OS2/c18-29(19,20,21,22)16-9-3-13(4-10-16)1-7-15(28)8-2-14-5-11-17(12-6-14)30(23,24,25,26)27/h1-12H/b7-1+,8-2+. The molecular formula is C17H12F10OS2. The van der Waals surface area contributed by atoms with Crippen LogP contribution in [0.3, 0.4) is 0 Å². The monoisotopic (exact) mass is 486 g/mol. The summed E-state index contributed by atoms with van der Waals surface area (Å²) in [5, 5.41) is 0. The first-order chi connectivity index (χ1) is 13.0. The molecule has 0 bridgehead atoms. The molecule has 0 heterocycles. The number of rotatable bonds is 6. The summed E-state index contributed by atoms with van der Waals surface area (Å²) in [5.74, 6) is -0.747. The van der Waals surface area contributed by atoms with E-state index in [0.29, 0.717) is 0 Å². The second-order valence-electron chi connectivity index (χ2n) is 6.15. The Morgan fingerprint density at radius 2 is 0.800 bits per heavy atom. The zero-order chi connectivity index (χ0) is 23.2. The third-order valence-corrected chi connectivity index (χ3v) is 5.86. The van der Waals surface area contributed by atoms with E-state index in [1.165, 1.54) is 0 Å². The number of allylic oxidation sites excluding steroid dienone is 2. The number of benzene rings is 2. The highest BCUT2D eigenvalue weighted by atomic mass is 32.5. The lowest BCUT2D eigenvalue weighted by atomic mass is 10.1. The van der Waals surface area contributed by atoms with Crippen LogP contribution in [0.25, 0.3) is 12.2 Å². The SMILES string of the molecule is O=C(/C=C/c1ccc(S(F)(F)(F)(F)F)cc1)/C=C/c1ccc(S(F)(F)(F)(F)F)cc1. The van der Waals surface area contributed by atoms with Crippen LogP contribution < -0.4 is 0 Å². The van der Waals surface area contributed by atoms with Gasteiger partial charge in [0, 0.05) is 0 Å². The summed E-state index contributed by atoms with van der Waals surface area (Å²) in [6, 6.07) is 3.56. The second kappa shape index (κ2) is 5.84. The molecule has 2 rings (SSSR count). The van der Waals surface area contributed by atoms with Gasteiger partial charge in [-0.05, 0) is 47.5 Å². The van der Waals surface area contributed by atoms with Crippen molar-refractivity contribution in [3.63, 3.8) is 0 Å². The van der Waals surface area contributed by atoms with Crippen LogP contribution in [0.4, 0.5) is 38.9 Å². The fourth-order valence-electron chi connectivity index (χ4n) is 2.08. The minimum Gasteiger partial charge on any atom is -0.290 e. The fourth-order valence-corrected chi connectivity index (χ4v) is 3.39. The van der Waals surface area contributed by atoms with Crippen molar-refractivity contribution in [2.45, 2.75) is 9.79 Å². The van der Waals surface area contributed by atoms with Gasteiger partial charge in [-0.2, -0.15) is 0 Å². The zero-order valence-electron chi connectivity index (χ0n) is 14.4. The van der Waals surface area contributed by atoms with Gasteiger partial charge in [0.2, 0.25) is 0 Å². The molecule has 0 radical (unpaired) electrons. The van der Waals surface area contributed by atoms with Crippen LogP contribution in [0.2, 0.25) is 0 Å². The van der Waals surface area contributed by atoms with Gasteiger partial charge in [0.05, 0.1) is 0 Å². The average Bonchev–Trinajstić information content (AvgIpc) is 2.55. The van der Waals surface area contributed by atoms with Crippen LogP contribution >= 0.6 is 20.4 Å². The third-order valence-electron chi connectivity index (χ3n) is 3.53. The topological polar surface area (TPSA) is 17.1 Å². The summed E-state index contributed by atoms with van der Waals surface area (Å²) in [6.07, 6.45) is 3.79. The first kappa shape index (κ1) is 23.9. The second-order valence-corrected chi connectivity index (χ2v) is 11.0. The van der Waals surface area contributed by atoms with Gasteiger partial charge in [0.15, 0.2) is 5.78 Å². The van der Waals surface area contributed by atoms with Gasteiger partial charge in [0.25, 0.3) is 0 Å². The summed E-state index contributed by atoms with van der Waals surface area (Å²) in [5.41, 5.74) is 0.00478. The largest absolute Gasteiger partial charge is 0.310 e. The van der Waals surface area contributed by atoms with E-state index in [1.54, 1.807) is 0 Å². The van der Waals surface area contributed by atoms with Crippen molar-refractivity contribution in [3.8, 4) is 0 Å². The number of ketones is 1. The number of carbonyl (C=O) groups excluding carboxylic acids is 1. The van der Waals surface area contributed by atoms with Gasteiger partial charge in [-0.15, -0.1) is 0 Å². The maximum Gasteiger partial charge on any atom is 0.310 e. The minimum atomic E-state index is -9.80. The van der Waals surface area contributed by atoms with E-state index < -0.39 is 36.0 Å². The molecule has 0 fully saturated rings. The quantitative estimate of drug-likeness (QED) is 0.294. The molecule has 0 N–H and O–H groups in total. The molecule has 0 atom stereocenters. The third kappa shape index (κ3) is 6.83. The molecule has 2 aromatic carbocycles. The number of halogens is 10. The van der Waals surface area contributed by atoms with Gasteiger partial charge in [-0.1, -0.05) is 75.3 Å². The lowest BCUT2D eigenvalue weighted by Crippen LogP contribution is -2.05. The van der Waals surface area contributed by atoms with Crippen molar-refractivity contribution in [1.82, 2.24) is 0 Å². The molecule has 168 valence electrons. The van der Waals surface area contributed by atoms with E-state index >= 15 is 0 Å². The molecule has 0 saturated heterocycles. The van der Waals surface area contributed by atoms with E-state index in [2.05, 4.69) is 0 Å². The zero-order valence-corrected chi connectivity index (χ0v) is 16.1. The van der Waals surface area contributed by atoms with Crippen LogP contribution in [0.1, 0.15) is 11.1 Å².